The van der Waals surface area contributed by atoms with E-state index < -0.39 is 24.0 Å². The van der Waals surface area contributed by atoms with E-state index in [1.807, 2.05) is 13.8 Å². The van der Waals surface area contributed by atoms with Crippen molar-refractivity contribution in [2.24, 2.45) is 34.2 Å². The predicted molar refractivity (Wildman–Crippen MR) is 144 cm³/mol. The predicted octanol–water partition coefficient (Wildman–Crippen LogP) is -2.10. The number of guanidine groups is 1. The monoisotopic (exact) mass is 576 g/mol. The standard InChI is InChI=1S/C24H36N10O5S/c1-11(5-14(35)9-33-10-28-30-31-33)17-18-12(2)20(19(23(38)39)34(18)22(17)37)40-15-6-16(27-7-15)21(36)29-24(26)32-4-3-13(25)8-32/h10-13,15-20,27H,3-9,25H2,1-2H3,(H,38,39)(H2,26,29,36)/t11?,12?,13?,15?,16?,17-,18-,19?,20?/m1/s1. The molecular weight excluding hydrogens is 540 g/mol. The maximum absolute atomic E-state index is 13.2. The average molecular weight is 577 g/mol. The van der Waals surface area contributed by atoms with Crippen LogP contribution in [0.1, 0.15) is 33.1 Å². The molecule has 218 valence electrons. The Morgan fingerprint density at radius 2 is 2.12 bits per heavy atom. The second-order valence-corrected chi connectivity index (χ2v) is 12.8. The molecule has 4 aliphatic rings. The smallest absolute Gasteiger partial charge is 0.327 e. The van der Waals surface area contributed by atoms with E-state index in [-0.39, 0.29) is 70.9 Å². The molecule has 0 aromatic carbocycles. The average Bonchev–Trinajstić information content (AvgIpc) is 3.68. The first-order valence-electron chi connectivity index (χ1n) is 13.6. The van der Waals surface area contributed by atoms with Crippen LogP contribution in [0.25, 0.3) is 0 Å². The van der Waals surface area contributed by atoms with Crippen molar-refractivity contribution in [2.75, 3.05) is 19.6 Å². The molecule has 0 saturated carbocycles. The minimum Gasteiger partial charge on any atom is -0.480 e. The molecule has 1 aromatic heterocycles. The molecule has 0 spiro atoms. The van der Waals surface area contributed by atoms with Crippen LogP contribution in [-0.4, -0.2) is 119 Å². The van der Waals surface area contributed by atoms with Gasteiger partial charge in [0.2, 0.25) is 5.91 Å². The van der Waals surface area contributed by atoms with Crippen LogP contribution in [0.15, 0.2) is 11.3 Å². The number of aliphatic imine (C=N–C) groups is 1. The molecule has 6 N–H and O–H groups in total. The molecule has 15 nitrogen and oxygen atoms in total. The van der Waals surface area contributed by atoms with Gasteiger partial charge in [-0.25, -0.2) is 9.48 Å². The van der Waals surface area contributed by atoms with E-state index >= 15 is 0 Å². The molecule has 5 heterocycles. The molecule has 0 radical (unpaired) electrons. The molecule has 2 amide bonds. The van der Waals surface area contributed by atoms with Gasteiger partial charge in [-0.05, 0) is 35.1 Å². The van der Waals surface area contributed by atoms with E-state index in [1.165, 1.54) is 27.7 Å². The molecule has 4 fully saturated rings. The van der Waals surface area contributed by atoms with Crippen LogP contribution in [0.3, 0.4) is 0 Å². The van der Waals surface area contributed by atoms with Gasteiger partial charge in [0.1, 0.15) is 18.9 Å². The molecule has 9 atom stereocenters. The second-order valence-electron chi connectivity index (χ2n) is 11.4. The molecule has 40 heavy (non-hydrogen) atoms. The lowest BCUT2D eigenvalue weighted by Gasteiger charge is -2.48. The number of carbonyl (C=O) groups is 4. The number of fused-ring (bicyclic) bond motifs is 1. The highest BCUT2D eigenvalue weighted by Crippen LogP contribution is 2.51. The van der Waals surface area contributed by atoms with Crippen molar-refractivity contribution in [3.8, 4) is 0 Å². The SMILES string of the molecule is CC(CC(=O)Cn1cnnn1)[C@H]1C(=O)N2C(C(=O)O)C(SC3CNC(C(=O)N=C(N)N4CCC(N)C4)C3)C(C)[C@H]12. The third-order valence-electron chi connectivity index (χ3n) is 8.55. The maximum Gasteiger partial charge on any atom is 0.327 e. The fourth-order valence-corrected chi connectivity index (χ4v) is 8.34. The zero-order chi connectivity index (χ0) is 28.7. The normalized spacial score (nSPS) is 34.6. The lowest BCUT2D eigenvalue weighted by molar-refractivity contribution is -0.168. The van der Waals surface area contributed by atoms with Crippen LogP contribution in [0, 0.1) is 17.8 Å². The van der Waals surface area contributed by atoms with E-state index in [4.69, 9.17) is 11.5 Å². The van der Waals surface area contributed by atoms with Gasteiger partial charge in [-0.3, -0.25) is 14.4 Å². The maximum atomic E-state index is 13.2. The van der Waals surface area contributed by atoms with Gasteiger partial charge in [0.25, 0.3) is 5.91 Å². The van der Waals surface area contributed by atoms with Crippen molar-refractivity contribution >= 4 is 41.3 Å². The molecule has 0 aliphatic carbocycles. The van der Waals surface area contributed by atoms with E-state index in [9.17, 15) is 24.3 Å². The number of aromatic nitrogens is 4. The van der Waals surface area contributed by atoms with Gasteiger partial charge in [-0.1, -0.05) is 13.8 Å². The van der Waals surface area contributed by atoms with Gasteiger partial charge in [-0.15, -0.1) is 5.10 Å². The molecule has 4 aliphatic heterocycles. The Labute approximate surface area is 235 Å². The Morgan fingerprint density at radius 3 is 2.77 bits per heavy atom. The van der Waals surface area contributed by atoms with Crippen molar-refractivity contribution < 1.29 is 24.3 Å². The lowest BCUT2D eigenvalue weighted by atomic mass is 9.73. The number of carboxylic acid groups (broad SMARTS) is 1. The van der Waals surface area contributed by atoms with Crippen molar-refractivity contribution in [2.45, 2.75) is 74.3 Å². The van der Waals surface area contributed by atoms with E-state index in [0.717, 1.165) is 6.42 Å². The molecule has 7 unspecified atom stereocenters. The fourth-order valence-electron chi connectivity index (χ4n) is 6.60. The highest BCUT2D eigenvalue weighted by molar-refractivity contribution is 8.00. The summed E-state index contributed by atoms with van der Waals surface area (Å²) in [5, 5.41) is 23.7. The Balaban J connectivity index is 1.20. The number of amides is 2. The van der Waals surface area contributed by atoms with E-state index in [1.54, 1.807) is 4.90 Å². The van der Waals surface area contributed by atoms with Crippen molar-refractivity contribution in [1.82, 2.24) is 35.3 Å². The van der Waals surface area contributed by atoms with Crippen LogP contribution in [0.4, 0.5) is 0 Å². The van der Waals surface area contributed by atoms with Crippen LogP contribution in [0.5, 0.6) is 0 Å². The largest absolute Gasteiger partial charge is 0.480 e. The van der Waals surface area contributed by atoms with Gasteiger partial charge in [0, 0.05) is 48.6 Å². The Bertz CT molecular complexity index is 1180. The quantitative estimate of drug-likeness (QED) is 0.141. The highest BCUT2D eigenvalue weighted by atomic mass is 32.2. The lowest BCUT2D eigenvalue weighted by Crippen LogP contribution is -2.64. The number of carbonyl (C=O) groups excluding carboxylic acids is 3. The number of aliphatic carboxylic acids is 1. The number of thioether (sulfide) groups is 1. The second kappa shape index (κ2) is 11.4. The Kier molecular flexibility index (Phi) is 8.10. The van der Waals surface area contributed by atoms with Gasteiger partial charge in [-0.2, -0.15) is 16.8 Å². The summed E-state index contributed by atoms with van der Waals surface area (Å²) in [6.07, 6.45) is 2.82. The van der Waals surface area contributed by atoms with E-state index in [2.05, 4.69) is 25.8 Å². The summed E-state index contributed by atoms with van der Waals surface area (Å²) in [6.45, 7) is 5.61. The first-order valence-corrected chi connectivity index (χ1v) is 14.5. The van der Waals surface area contributed by atoms with Gasteiger partial charge in [0.15, 0.2) is 11.7 Å². The molecule has 0 bridgehead atoms. The number of carboxylic acids is 1. The number of nitrogens with one attached hydrogen (secondary N) is 1. The number of nitrogens with two attached hydrogens (primary N) is 2. The third kappa shape index (κ3) is 5.43. The summed E-state index contributed by atoms with van der Waals surface area (Å²) >= 11 is 1.52. The summed E-state index contributed by atoms with van der Waals surface area (Å²) in [6, 6.07) is -1.71. The summed E-state index contributed by atoms with van der Waals surface area (Å²) in [5.74, 6) is -2.32. The summed E-state index contributed by atoms with van der Waals surface area (Å²) in [5.41, 5.74) is 11.9. The van der Waals surface area contributed by atoms with E-state index in [0.29, 0.717) is 26.1 Å². The third-order valence-corrected chi connectivity index (χ3v) is 10.3. The molecule has 4 saturated heterocycles. The molecule has 5 rings (SSSR count). The minimum atomic E-state index is -1.04. The Morgan fingerprint density at radius 1 is 1.35 bits per heavy atom. The number of hydrogen-bond acceptors (Lipinski definition) is 10. The number of likely N-dealkylation sites (tertiary alicyclic amines) is 1. The zero-order valence-corrected chi connectivity index (χ0v) is 23.3. The number of tetrazole rings is 1. The van der Waals surface area contributed by atoms with Crippen molar-refractivity contribution in [3.63, 3.8) is 0 Å². The number of ketones is 1. The van der Waals surface area contributed by atoms with Crippen LogP contribution in [0.2, 0.25) is 0 Å². The summed E-state index contributed by atoms with van der Waals surface area (Å²) in [7, 11) is 0. The summed E-state index contributed by atoms with van der Waals surface area (Å²) in [4.78, 5) is 58.3. The van der Waals surface area contributed by atoms with Gasteiger partial charge < -0.3 is 31.7 Å². The number of hydrogen-bond donors (Lipinski definition) is 4. The fraction of sp³-hybridized carbons (Fsp3) is 0.750. The zero-order valence-electron chi connectivity index (χ0n) is 22.5. The highest BCUT2D eigenvalue weighted by Gasteiger charge is 2.64. The van der Waals surface area contributed by atoms with Gasteiger partial charge in [0.05, 0.1) is 12.0 Å². The van der Waals surface area contributed by atoms with Crippen molar-refractivity contribution in [3.05, 3.63) is 6.33 Å². The van der Waals surface area contributed by atoms with Crippen molar-refractivity contribution in [1.29, 1.82) is 0 Å². The number of rotatable bonds is 9. The van der Waals surface area contributed by atoms with Crippen LogP contribution in [-0.2, 0) is 25.7 Å². The number of β-lactam (4-membered cyclic amide) rings is 1. The topological polar surface area (TPSA) is 215 Å². The van der Waals surface area contributed by atoms with Crippen LogP contribution < -0.4 is 16.8 Å². The molecule has 1 aromatic rings. The Hall–Kier alpha value is -3.11. The molecule has 16 heteroatoms. The van der Waals surface area contributed by atoms with Crippen LogP contribution >= 0.6 is 11.8 Å². The molecular formula is C24H36N10O5S. The number of nitrogens with zero attached hydrogens (tertiary/aromatic N) is 7. The van der Waals surface area contributed by atoms with Gasteiger partial charge >= 0.3 is 5.97 Å². The number of Topliss-reactive ketones (excluding diaryl/α,β-unsaturated/α-hetero) is 1. The first-order chi connectivity index (χ1) is 19.0. The minimum absolute atomic E-state index is 0.0167. The first kappa shape index (κ1) is 28.4. The summed E-state index contributed by atoms with van der Waals surface area (Å²) < 4.78 is 1.34.